The van der Waals surface area contributed by atoms with Gasteiger partial charge in [-0.3, -0.25) is 24.6 Å². The highest BCUT2D eigenvalue weighted by molar-refractivity contribution is 7.93. The van der Waals surface area contributed by atoms with Gasteiger partial charge in [0.25, 0.3) is 0 Å². The highest BCUT2D eigenvalue weighted by Crippen LogP contribution is 2.41. The first-order valence-electron chi connectivity index (χ1n) is 11.4. The van der Waals surface area contributed by atoms with Crippen LogP contribution in [0, 0.1) is 0 Å². The molecule has 3 N–H and O–H groups in total. The summed E-state index contributed by atoms with van der Waals surface area (Å²) in [5, 5.41) is 3.31. The van der Waals surface area contributed by atoms with Gasteiger partial charge >= 0.3 is 0 Å². The monoisotopic (exact) mass is 586 g/mol. The standard InChI is InChI=1S/C24H25Cl3N4O5S/c1-13(2)30-12-24(37(35,36)20-7-6-16(26)10-17(20)27)29-18(22(28)33)11-21(32)31(24)19(23(30)34)9-14-4-3-5-15(25)8-14/h3-8,10,13,18-19,29H,9,11-12H2,1-2H3,(H2,28,33). The van der Waals surface area contributed by atoms with Crippen LogP contribution >= 0.6 is 34.8 Å². The second-order valence-electron chi connectivity index (χ2n) is 9.34. The first-order chi connectivity index (χ1) is 17.3. The minimum Gasteiger partial charge on any atom is -0.368 e. The second-order valence-corrected chi connectivity index (χ2v) is 12.7. The molecule has 3 unspecified atom stereocenters. The molecule has 2 saturated heterocycles. The molecular weight excluding hydrogens is 563 g/mol. The van der Waals surface area contributed by atoms with E-state index in [0.29, 0.717) is 10.6 Å². The number of nitrogens with one attached hydrogen (secondary N) is 1. The summed E-state index contributed by atoms with van der Waals surface area (Å²) in [6.45, 7) is 3.01. The summed E-state index contributed by atoms with van der Waals surface area (Å²) in [5.41, 5.74) is 6.16. The van der Waals surface area contributed by atoms with Gasteiger partial charge in [0.15, 0.2) is 0 Å². The van der Waals surface area contributed by atoms with E-state index in [2.05, 4.69) is 5.32 Å². The molecule has 0 aliphatic carbocycles. The largest absolute Gasteiger partial charge is 0.368 e. The maximum Gasteiger partial charge on any atom is 0.246 e. The third-order valence-electron chi connectivity index (χ3n) is 6.61. The average molecular weight is 588 g/mol. The quantitative estimate of drug-likeness (QED) is 0.535. The lowest BCUT2D eigenvalue weighted by molar-refractivity contribution is -0.167. The van der Waals surface area contributed by atoms with Gasteiger partial charge in [0.2, 0.25) is 32.6 Å². The summed E-state index contributed by atoms with van der Waals surface area (Å²) < 4.78 is 28.8. The predicted octanol–water partition coefficient (Wildman–Crippen LogP) is 2.61. The number of piperazine rings is 1. The van der Waals surface area contributed by atoms with Crippen molar-refractivity contribution in [1.82, 2.24) is 15.1 Å². The van der Waals surface area contributed by atoms with Crippen molar-refractivity contribution >= 4 is 62.4 Å². The van der Waals surface area contributed by atoms with Crippen LogP contribution in [0.4, 0.5) is 0 Å². The van der Waals surface area contributed by atoms with Gasteiger partial charge in [-0.1, -0.05) is 46.9 Å². The van der Waals surface area contributed by atoms with Gasteiger partial charge in [-0.05, 0) is 49.7 Å². The van der Waals surface area contributed by atoms with Crippen molar-refractivity contribution in [2.24, 2.45) is 5.73 Å². The highest BCUT2D eigenvalue weighted by Gasteiger charge is 2.64. The number of carbonyl (C=O) groups is 3. The van der Waals surface area contributed by atoms with Crippen LogP contribution < -0.4 is 11.1 Å². The van der Waals surface area contributed by atoms with Crippen molar-refractivity contribution in [2.75, 3.05) is 6.54 Å². The Balaban J connectivity index is 1.97. The number of primary amides is 1. The molecule has 13 heteroatoms. The average Bonchev–Trinajstić information content (AvgIpc) is 2.80. The van der Waals surface area contributed by atoms with Gasteiger partial charge in [-0.15, -0.1) is 0 Å². The molecule has 2 aromatic carbocycles. The van der Waals surface area contributed by atoms with Crippen molar-refractivity contribution in [3.63, 3.8) is 0 Å². The maximum absolute atomic E-state index is 14.4. The van der Waals surface area contributed by atoms with E-state index in [0.717, 1.165) is 4.90 Å². The van der Waals surface area contributed by atoms with E-state index in [1.165, 1.54) is 23.1 Å². The Morgan fingerprint density at radius 2 is 1.81 bits per heavy atom. The number of rotatable bonds is 6. The molecule has 2 fully saturated rings. The minimum absolute atomic E-state index is 0.0110. The molecule has 2 aromatic rings. The SMILES string of the molecule is CC(C)N1CC2(S(=O)(=O)c3ccc(Cl)cc3Cl)NC(C(N)=O)CC(=O)N2C(Cc2cccc(Cl)c2)C1=O. The highest BCUT2D eigenvalue weighted by atomic mass is 35.5. The fourth-order valence-corrected chi connectivity index (χ4v) is 7.81. The van der Waals surface area contributed by atoms with Crippen molar-refractivity contribution in [1.29, 1.82) is 0 Å². The molecule has 9 nitrogen and oxygen atoms in total. The van der Waals surface area contributed by atoms with E-state index < -0.39 is 63.6 Å². The van der Waals surface area contributed by atoms with E-state index in [1.807, 2.05) is 0 Å². The van der Waals surface area contributed by atoms with E-state index in [4.69, 9.17) is 40.5 Å². The molecule has 3 atom stereocenters. The van der Waals surface area contributed by atoms with E-state index in [1.54, 1.807) is 38.1 Å². The van der Waals surface area contributed by atoms with Gasteiger partial charge < -0.3 is 10.6 Å². The second kappa shape index (κ2) is 10.1. The molecule has 3 amide bonds. The Morgan fingerprint density at radius 1 is 1.14 bits per heavy atom. The number of halogens is 3. The molecule has 0 saturated carbocycles. The molecule has 2 aliphatic heterocycles. The molecule has 0 aromatic heterocycles. The fourth-order valence-electron chi connectivity index (χ4n) is 4.87. The number of fused-ring (bicyclic) bond motifs is 1. The van der Waals surface area contributed by atoms with Crippen LogP contribution in [0.25, 0.3) is 0 Å². The molecule has 2 heterocycles. The van der Waals surface area contributed by atoms with Crippen LogP contribution in [0.2, 0.25) is 15.1 Å². The van der Waals surface area contributed by atoms with Crippen LogP contribution in [0.1, 0.15) is 25.8 Å². The Hall–Kier alpha value is -2.37. The molecular formula is C24H25Cl3N4O5S. The van der Waals surface area contributed by atoms with Gasteiger partial charge in [0.05, 0.1) is 28.9 Å². The molecule has 4 rings (SSSR count). The zero-order valence-electron chi connectivity index (χ0n) is 19.9. The number of hydrogen-bond acceptors (Lipinski definition) is 6. The van der Waals surface area contributed by atoms with E-state index in [-0.39, 0.29) is 21.4 Å². The number of carbonyl (C=O) groups excluding carboxylic acids is 3. The lowest BCUT2D eigenvalue weighted by atomic mass is 9.95. The van der Waals surface area contributed by atoms with E-state index in [9.17, 15) is 22.8 Å². The molecule has 0 radical (unpaired) electrons. The molecule has 198 valence electrons. The summed E-state index contributed by atoms with van der Waals surface area (Å²) in [5.74, 6) is -2.04. The number of sulfone groups is 1. The smallest absolute Gasteiger partial charge is 0.246 e. The lowest BCUT2D eigenvalue weighted by Crippen LogP contribution is -2.83. The van der Waals surface area contributed by atoms with Crippen LogP contribution in [-0.2, 0) is 30.6 Å². The number of benzene rings is 2. The van der Waals surface area contributed by atoms with Crippen LogP contribution in [0.15, 0.2) is 47.4 Å². The van der Waals surface area contributed by atoms with Crippen molar-refractivity contribution in [2.45, 2.75) is 54.7 Å². The third-order valence-corrected chi connectivity index (χ3v) is 9.78. The van der Waals surface area contributed by atoms with Crippen molar-refractivity contribution < 1.29 is 22.8 Å². The first-order valence-corrected chi connectivity index (χ1v) is 14.0. The molecule has 0 bridgehead atoms. The number of nitrogens with zero attached hydrogens (tertiary/aromatic N) is 2. The van der Waals surface area contributed by atoms with Gasteiger partial charge in [-0.2, -0.15) is 0 Å². The van der Waals surface area contributed by atoms with Crippen molar-refractivity contribution in [3.8, 4) is 0 Å². The Bertz CT molecular complexity index is 1390. The van der Waals surface area contributed by atoms with Crippen LogP contribution in [-0.4, -0.2) is 65.6 Å². The van der Waals surface area contributed by atoms with E-state index >= 15 is 0 Å². The zero-order chi connectivity index (χ0) is 27.3. The summed E-state index contributed by atoms with van der Waals surface area (Å²) in [4.78, 5) is 39.4. The van der Waals surface area contributed by atoms with Gasteiger partial charge in [-0.25, -0.2) is 8.42 Å². The Kier molecular flexibility index (Phi) is 7.53. The zero-order valence-corrected chi connectivity index (χ0v) is 23.0. The number of nitrogens with two attached hydrogens (primary N) is 1. The van der Waals surface area contributed by atoms with Gasteiger partial charge in [0.1, 0.15) is 6.04 Å². The fraction of sp³-hybridized carbons (Fsp3) is 0.375. The number of hydrogen-bond donors (Lipinski definition) is 2. The Labute approximate surface area is 229 Å². The Morgan fingerprint density at radius 3 is 2.41 bits per heavy atom. The summed E-state index contributed by atoms with van der Waals surface area (Å²) in [6.07, 6.45) is -0.426. The van der Waals surface area contributed by atoms with Crippen LogP contribution in [0.5, 0.6) is 0 Å². The number of amides is 3. The third kappa shape index (κ3) is 4.81. The molecule has 37 heavy (non-hydrogen) atoms. The summed E-state index contributed by atoms with van der Waals surface area (Å²) in [7, 11) is -4.58. The van der Waals surface area contributed by atoms with Crippen molar-refractivity contribution in [3.05, 3.63) is 63.1 Å². The topological polar surface area (TPSA) is 130 Å². The first kappa shape index (κ1) is 27.7. The van der Waals surface area contributed by atoms with Gasteiger partial charge in [0, 0.05) is 22.5 Å². The summed E-state index contributed by atoms with van der Waals surface area (Å²) >= 11 is 18.5. The molecule has 0 spiro atoms. The lowest BCUT2D eigenvalue weighted by Gasteiger charge is -2.57. The molecule has 2 aliphatic rings. The maximum atomic E-state index is 14.4. The van der Waals surface area contributed by atoms with Crippen LogP contribution in [0.3, 0.4) is 0 Å². The minimum atomic E-state index is -4.58. The predicted molar refractivity (Wildman–Crippen MR) is 140 cm³/mol. The normalized spacial score (nSPS) is 24.4. The summed E-state index contributed by atoms with van der Waals surface area (Å²) in [6, 6.07) is 7.64.